The monoisotopic (exact) mass is 270 g/mol. The van der Waals surface area contributed by atoms with Gasteiger partial charge in [0.25, 0.3) is 5.91 Å². The molecule has 1 atom stereocenters. The Bertz CT molecular complexity index is 576. The topological polar surface area (TPSA) is 51.0 Å². The van der Waals surface area contributed by atoms with Crippen molar-refractivity contribution in [2.75, 3.05) is 6.54 Å². The van der Waals surface area contributed by atoms with Crippen molar-refractivity contribution in [2.45, 2.75) is 32.4 Å². The van der Waals surface area contributed by atoms with E-state index in [9.17, 15) is 4.79 Å². The molecule has 1 aliphatic heterocycles. The van der Waals surface area contributed by atoms with E-state index in [2.05, 4.69) is 17.2 Å². The van der Waals surface area contributed by atoms with Gasteiger partial charge in [0.05, 0.1) is 12.7 Å². The van der Waals surface area contributed by atoms with E-state index in [-0.39, 0.29) is 5.91 Å². The van der Waals surface area contributed by atoms with Gasteiger partial charge in [-0.2, -0.15) is 0 Å². The van der Waals surface area contributed by atoms with Gasteiger partial charge in [-0.05, 0) is 37.5 Å². The summed E-state index contributed by atoms with van der Waals surface area (Å²) in [7, 11) is 0. The van der Waals surface area contributed by atoms with E-state index in [0.717, 1.165) is 30.5 Å². The van der Waals surface area contributed by atoms with Crippen molar-refractivity contribution in [3.8, 4) is 0 Å². The molecule has 0 aliphatic carbocycles. The molecule has 5 nitrogen and oxygen atoms in total. The molecule has 0 radical (unpaired) electrons. The maximum atomic E-state index is 12.4. The van der Waals surface area contributed by atoms with E-state index >= 15 is 0 Å². The van der Waals surface area contributed by atoms with Crippen molar-refractivity contribution in [3.05, 3.63) is 47.8 Å². The predicted octanol–water partition coefficient (Wildman–Crippen LogP) is 1.95. The Morgan fingerprint density at radius 1 is 1.35 bits per heavy atom. The fourth-order valence-corrected chi connectivity index (χ4v) is 2.66. The molecule has 2 aromatic rings. The Labute approximate surface area is 118 Å². The maximum absolute atomic E-state index is 12.4. The smallest absolute Gasteiger partial charge is 0.254 e. The number of hydrogen-bond donors (Lipinski definition) is 0. The molecule has 104 valence electrons. The first-order chi connectivity index (χ1) is 9.74. The fraction of sp³-hybridized carbons (Fsp3) is 0.400. The average molecular weight is 270 g/mol. The minimum Gasteiger partial charge on any atom is -0.336 e. The molecule has 0 saturated carbocycles. The summed E-state index contributed by atoms with van der Waals surface area (Å²) >= 11 is 0. The van der Waals surface area contributed by atoms with Crippen LogP contribution in [0, 0.1) is 0 Å². The molecule has 0 N–H and O–H groups in total. The lowest BCUT2D eigenvalue weighted by molar-refractivity contribution is 0.0747. The molecule has 3 rings (SSSR count). The minimum atomic E-state index is 0.141. The molecule has 1 aliphatic rings. The van der Waals surface area contributed by atoms with Crippen molar-refractivity contribution in [2.24, 2.45) is 0 Å². The largest absolute Gasteiger partial charge is 0.336 e. The summed E-state index contributed by atoms with van der Waals surface area (Å²) in [6, 6.07) is 8.13. The normalized spacial score (nSPS) is 18.4. The van der Waals surface area contributed by atoms with Gasteiger partial charge >= 0.3 is 0 Å². The molecule has 1 fully saturated rings. The third-order valence-corrected chi connectivity index (χ3v) is 3.83. The molecule has 0 unspecified atom stereocenters. The number of aromatic nitrogens is 3. The second-order valence-corrected chi connectivity index (χ2v) is 5.29. The Morgan fingerprint density at radius 2 is 2.15 bits per heavy atom. The zero-order chi connectivity index (χ0) is 13.9. The summed E-state index contributed by atoms with van der Waals surface area (Å²) in [4.78, 5) is 14.3. The highest BCUT2D eigenvalue weighted by Gasteiger charge is 2.25. The first kappa shape index (κ1) is 12.8. The summed E-state index contributed by atoms with van der Waals surface area (Å²) in [5.41, 5.74) is 1.88. The molecule has 20 heavy (non-hydrogen) atoms. The molecular formula is C15H18N4O. The van der Waals surface area contributed by atoms with Crippen LogP contribution >= 0.6 is 0 Å². The predicted molar refractivity (Wildman–Crippen MR) is 75.3 cm³/mol. The first-order valence-corrected chi connectivity index (χ1v) is 6.98. The summed E-state index contributed by atoms with van der Waals surface area (Å²) in [5.74, 6) is 0.141. The van der Waals surface area contributed by atoms with Crippen molar-refractivity contribution in [1.29, 1.82) is 0 Å². The molecule has 0 bridgehead atoms. The van der Waals surface area contributed by atoms with Crippen molar-refractivity contribution < 1.29 is 4.79 Å². The van der Waals surface area contributed by atoms with E-state index in [1.54, 1.807) is 10.9 Å². The van der Waals surface area contributed by atoms with Gasteiger partial charge in [-0.15, -0.1) is 5.10 Å². The fourth-order valence-electron chi connectivity index (χ4n) is 2.66. The molecule has 1 amide bonds. The van der Waals surface area contributed by atoms with Crippen LogP contribution in [0.1, 0.15) is 35.7 Å². The van der Waals surface area contributed by atoms with Crippen molar-refractivity contribution in [3.63, 3.8) is 0 Å². The number of hydrogen-bond acceptors (Lipinski definition) is 3. The SMILES string of the molecule is C[C@@H]1CCCN1C(=O)c1ccc(Cn2ccnn2)cc1. The molecule has 1 aromatic carbocycles. The Balaban J connectivity index is 1.71. The van der Waals surface area contributed by atoms with Crippen LogP contribution in [0.15, 0.2) is 36.7 Å². The van der Waals surface area contributed by atoms with Gasteiger partial charge in [-0.1, -0.05) is 17.3 Å². The number of carbonyl (C=O) groups is 1. The highest BCUT2D eigenvalue weighted by Crippen LogP contribution is 2.19. The zero-order valence-electron chi connectivity index (χ0n) is 11.6. The standard InChI is InChI=1S/C15H18N4O/c1-12-3-2-9-19(12)15(20)14-6-4-13(5-7-14)11-18-10-8-16-17-18/h4-8,10,12H,2-3,9,11H2,1H3/t12-/m1/s1. The number of benzene rings is 1. The van der Waals surface area contributed by atoms with Crippen LogP contribution in [0.2, 0.25) is 0 Å². The van der Waals surface area contributed by atoms with Crippen molar-refractivity contribution >= 4 is 5.91 Å². The lowest BCUT2D eigenvalue weighted by atomic mass is 10.1. The molecule has 2 heterocycles. The number of nitrogens with zero attached hydrogens (tertiary/aromatic N) is 4. The quantitative estimate of drug-likeness (QED) is 0.856. The number of amides is 1. The van der Waals surface area contributed by atoms with Crippen LogP contribution < -0.4 is 0 Å². The van der Waals surface area contributed by atoms with Gasteiger partial charge in [0.1, 0.15) is 0 Å². The van der Waals surface area contributed by atoms with Crippen LogP contribution in [0.4, 0.5) is 0 Å². The van der Waals surface area contributed by atoms with E-state index < -0.39 is 0 Å². The lowest BCUT2D eigenvalue weighted by Gasteiger charge is -2.21. The summed E-state index contributed by atoms with van der Waals surface area (Å²) in [6.45, 7) is 3.67. The molecule has 0 spiro atoms. The lowest BCUT2D eigenvalue weighted by Crippen LogP contribution is -2.33. The Morgan fingerprint density at radius 3 is 2.75 bits per heavy atom. The third-order valence-electron chi connectivity index (χ3n) is 3.83. The number of rotatable bonds is 3. The second-order valence-electron chi connectivity index (χ2n) is 5.29. The van der Waals surface area contributed by atoms with Gasteiger partial charge in [0.15, 0.2) is 0 Å². The van der Waals surface area contributed by atoms with Crippen LogP contribution in [0.5, 0.6) is 0 Å². The summed E-state index contributed by atoms with van der Waals surface area (Å²) < 4.78 is 1.76. The van der Waals surface area contributed by atoms with E-state index in [1.807, 2.05) is 35.4 Å². The van der Waals surface area contributed by atoms with Crippen LogP contribution in [0.3, 0.4) is 0 Å². The summed E-state index contributed by atoms with van der Waals surface area (Å²) in [5, 5.41) is 7.71. The van der Waals surface area contributed by atoms with Gasteiger partial charge in [-0.3, -0.25) is 4.79 Å². The molecule has 1 aromatic heterocycles. The van der Waals surface area contributed by atoms with Crippen LogP contribution in [-0.4, -0.2) is 38.4 Å². The number of likely N-dealkylation sites (tertiary alicyclic amines) is 1. The van der Waals surface area contributed by atoms with E-state index in [1.165, 1.54) is 0 Å². The van der Waals surface area contributed by atoms with Gasteiger partial charge in [-0.25, -0.2) is 4.68 Å². The highest BCUT2D eigenvalue weighted by atomic mass is 16.2. The number of carbonyl (C=O) groups excluding carboxylic acids is 1. The maximum Gasteiger partial charge on any atom is 0.254 e. The average Bonchev–Trinajstić information content (AvgIpc) is 3.10. The van der Waals surface area contributed by atoms with E-state index in [0.29, 0.717) is 12.6 Å². The Kier molecular flexibility index (Phi) is 3.50. The zero-order valence-corrected chi connectivity index (χ0v) is 11.6. The second kappa shape index (κ2) is 5.45. The third kappa shape index (κ3) is 2.57. The van der Waals surface area contributed by atoms with E-state index in [4.69, 9.17) is 0 Å². The van der Waals surface area contributed by atoms with Crippen molar-refractivity contribution in [1.82, 2.24) is 19.9 Å². The van der Waals surface area contributed by atoms with Gasteiger partial charge < -0.3 is 4.90 Å². The van der Waals surface area contributed by atoms with Gasteiger partial charge in [0, 0.05) is 24.3 Å². The first-order valence-electron chi connectivity index (χ1n) is 6.98. The highest BCUT2D eigenvalue weighted by molar-refractivity contribution is 5.94. The Hall–Kier alpha value is -2.17. The minimum absolute atomic E-state index is 0.141. The molecular weight excluding hydrogens is 252 g/mol. The van der Waals surface area contributed by atoms with Crippen LogP contribution in [0.25, 0.3) is 0 Å². The van der Waals surface area contributed by atoms with Gasteiger partial charge in [0.2, 0.25) is 0 Å². The molecule has 1 saturated heterocycles. The van der Waals surface area contributed by atoms with Crippen LogP contribution in [-0.2, 0) is 6.54 Å². The molecule has 5 heteroatoms. The summed E-state index contributed by atoms with van der Waals surface area (Å²) in [6.07, 6.45) is 5.70.